The van der Waals surface area contributed by atoms with Crippen LogP contribution in [0.4, 0.5) is 0 Å². The van der Waals surface area contributed by atoms with Gasteiger partial charge in [0.2, 0.25) is 0 Å². The Bertz CT molecular complexity index is 10100. The van der Waals surface area contributed by atoms with Crippen molar-refractivity contribution in [3.8, 4) is 66.8 Å². The average Bonchev–Trinajstić information content (AvgIpc) is 1.69. The van der Waals surface area contributed by atoms with Gasteiger partial charge in [-0.25, -0.2) is 0 Å². The maximum Gasteiger partial charge on any atom is 0.178 e. The fourth-order valence-electron chi connectivity index (χ4n) is 21.4. The maximum absolute atomic E-state index is 6.58. The molecule has 0 unspecified atom stereocenters. The van der Waals surface area contributed by atoms with Crippen molar-refractivity contribution in [3.05, 3.63) is 364 Å². The summed E-state index contributed by atoms with van der Waals surface area (Å²) < 4.78 is 77.3. The summed E-state index contributed by atoms with van der Waals surface area (Å²) in [5.41, 5.74) is 32.2. The summed E-state index contributed by atoms with van der Waals surface area (Å²) in [4.78, 5) is 0. The zero-order chi connectivity index (χ0) is 85.6. The summed E-state index contributed by atoms with van der Waals surface area (Å²) in [6, 6.07) is 127. The fourth-order valence-corrected chi connectivity index (χ4v) is 21.4. The smallest absolute Gasteiger partial charge is 0.178 e. The largest absolute Gasteiger partial charge is 0.456 e. The summed E-state index contributed by atoms with van der Waals surface area (Å²) in [6.07, 6.45) is 0. The zero-order valence-corrected chi connectivity index (χ0v) is 69.5. The highest BCUT2D eigenvalue weighted by Gasteiger charge is 2.26. The Labute approximate surface area is 742 Å². The Morgan fingerprint density at radius 2 is 0.235 bits per heavy atom. The van der Waals surface area contributed by atoms with Crippen molar-refractivity contribution in [1.29, 1.82) is 0 Å². The average molecular weight is 1690 g/mol. The van der Waals surface area contributed by atoms with Crippen LogP contribution in [0.2, 0.25) is 0 Å². The molecule has 0 aliphatic heterocycles. The summed E-state index contributed by atoms with van der Waals surface area (Å²) in [6.45, 7) is 0. The molecule has 0 amide bonds. The van der Waals surface area contributed by atoms with Crippen molar-refractivity contribution in [2.45, 2.75) is 0 Å². The van der Waals surface area contributed by atoms with Crippen LogP contribution in [0.15, 0.2) is 417 Å². The molecule has 612 valence electrons. The lowest BCUT2D eigenvalue weighted by Crippen LogP contribution is -1.87. The molecule has 0 saturated heterocycles. The van der Waals surface area contributed by atoms with Gasteiger partial charge in [0.25, 0.3) is 0 Å². The molecule has 12 nitrogen and oxygen atoms in total. The SMILES string of the molecule is c1ccc2c(c1)oc1c2ccc2c3cc(-c4cc(-c5ccc6oc7c(ccc8c9ccccc9oc87)c6c5)cc(-c5ccc6oc7c(ccc8c9ccccc9oc87)c6c5)c4)ccc3oc21.c1ccc2c(c1)oc1cc3oc4ccc(-c5cc(-c6ccc7oc8cc9oc%10ccccc%10c9cc8c7c6)cc(-c6ccc7oc8c(ccc9c%10ccccc%10oc98)c7c6)c5)cc4c3cc12. The summed E-state index contributed by atoms with van der Waals surface area (Å²) >= 11 is 0. The molecule has 0 bridgehead atoms. The predicted octanol–water partition coefficient (Wildman–Crippen LogP) is 36.2. The highest BCUT2D eigenvalue weighted by molar-refractivity contribution is 6.26. The number of hydrogen-bond acceptors (Lipinski definition) is 12. The third kappa shape index (κ3) is 10.1. The Balaban J connectivity index is 0.000000124. The fraction of sp³-hybridized carbons (Fsp3) is 0. The first-order valence-corrected chi connectivity index (χ1v) is 44.2. The molecule has 0 radical (unpaired) electrons. The van der Waals surface area contributed by atoms with Crippen LogP contribution >= 0.6 is 0 Å². The molecule has 0 aliphatic rings. The van der Waals surface area contributed by atoms with E-state index in [9.17, 15) is 0 Å². The van der Waals surface area contributed by atoms with Gasteiger partial charge in [-0.3, -0.25) is 0 Å². The van der Waals surface area contributed by atoms with Crippen LogP contribution in [0.5, 0.6) is 0 Å². The van der Waals surface area contributed by atoms with Gasteiger partial charge >= 0.3 is 0 Å². The van der Waals surface area contributed by atoms with Crippen LogP contribution < -0.4 is 0 Å². The topological polar surface area (TPSA) is 158 Å². The van der Waals surface area contributed by atoms with Gasteiger partial charge in [-0.15, -0.1) is 0 Å². The van der Waals surface area contributed by atoms with Gasteiger partial charge in [0.1, 0.15) is 89.3 Å². The van der Waals surface area contributed by atoms with Crippen LogP contribution in [0.1, 0.15) is 0 Å². The summed E-state index contributed by atoms with van der Waals surface area (Å²) in [5.74, 6) is 0. The van der Waals surface area contributed by atoms with Crippen molar-refractivity contribution in [2.75, 3.05) is 0 Å². The van der Waals surface area contributed by atoms with Crippen LogP contribution in [0, 0.1) is 0 Å². The van der Waals surface area contributed by atoms with Crippen molar-refractivity contribution in [2.24, 2.45) is 0 Å². The van der Waals surface area contributed by atoms with Gasteiger partial charge in [-0.05, 0) is 273 Å². The number of rotatable bonds is 6. The van der Waals surface area contributed by atoms with E-state index in [1.165, 1.54) is 0 Å². The molecule has 0 N–H and O–H groups in total. The Morgan fingerprint density at radius 1 is 0.0833 bits per heavy atom. The minimum atomic E-state index is 0.756. The number of para-hydroxylation sites is 6. The van der Waals surface area contributed by atoms with Crippen LogP contribution in [-0.2, 0) is 0 Å². The first-order chi connectivity index (χ1) is 65.3. The molecular formula is C120H60O12. The van der Waals surface area contributed by atoms with Crippen molar-refractivity contribution >= 4 is 263 Å². The van der Waals surface area contributed by atoms with E-state index in [4.69, 9.17) is 53.0 Å². The highest BCUT2D eigenvalue weighted by atomic mass is 16.4. The molecule has 12 aromatic heterocycles. The molecule has 12 heteroatoms. The maximum atomic E-state index is 6.58. The lowest BCUT2D eigenvalue weighted by molar-refractivity contribution is 0.633. The standard InChI is InChI=1S/2C60H30O6/c1-6-12-51-37(7-1)40-16-17-41-42-24-31(15-20-54(42)66-60(41)59(40)65-51)34-21-35(32-13-18-52-43(25-32)47-27-45-38-8-2-4-10-49(38)61-55(45)29-57(47)63-52)23-36(22-34)33-14-19-53-44(26-33)48-28-46-39-9-3-5-11-50(39)62-56(46)30-58(48)64-53;1-4-10-49-37(7-1)40-16-19-43-46-28-31(13-22-52(46)64-58(43)55(40)61-49)34-25-35(32-14-23-53-47(29-32)44-20-17-41-38-8-2-5-11-50(38)62-56(41)59(44)65-53)27-36(26-34)33-15-24-54-48(30-33)45-21-18-42-39-9-3-6-12-51(39)63-57(42)60(45)66-54/h2*1-30H. The van der Waals surface area contributed by atoms with E-state index in [2.05, 4.69) is 255 Å². The lowest BCUT2D eigenvalue weighted by Gasteiger charge is -2.12. The van der Waals surface area contributed by atoms with Crippen molar-refractivity contribution in [3.63, 3.8) is 0 Å². The second kappa shape index (κ2) is 25.9. The first-order valence-electron chi connectivity index (χ1n) is 44.2. The normalized spacial score (nSPS) is 12.5. The predicted molar refractivity (Wildman–Crippen MR) is 533 cm³/mol. The Morgan fingerprint density at radius 3 is 0.455 bits per heavy atom. The second-order valence-electron chi connectivity index (χ2n) is 35.0. The van der Waals surface area contributed by atoms with Gasteiger partial charge in [-0.1, -0.05) is 146 Å². The van der Waals surface area contributed by atoms with Crippen molar-refractivity contribution < 1.29 is 53.0 Å². The van der Waals surface area contributed by atoms with E-state index in [0.717, 1.165) is 330 Å². The zero-order valence-electron chi connectivity index (χ0n) is 69.5. The Hall–Kier alpha value is -18.0. The third-order valence-electron chi connectivity index (χ3n) is 27.7. The summed E-state index contributed by atoms with van der Waals surface area (Å²) in [5, 5.41) is 25.2. The Kier molecular flexibility index (Phi) is 13.8. The lowest BCUT2D eigenvalue weighted by atomic mass is 9.92. The monoisotopic (exact) mass is 1690 g/mol. The second-order valence-corrected chi connectivity index (χ2v) is 35.0. The first kappa shape index (κ1) is 70.2. The molecule has 132 heavy (non-hydrogen) atoms. The highest BCUT2D eigenvalue weighted by Crippen LogP contribution is 2.50. The summed E-state index contributed by atoms with van der Waals surface area (Å²) in [7, 11) is 0. The number of fused-ring (bicyclic) bond motifs is 40. The minimum Gasteiger partial charge on any atom is -0.456 e. The molecule has 32 aromatic rings. The third-order valence-corrected chi connectivity index (χ3v) is 27.7. The number of benzene rings is 20. The van der Waals surface area contributed by atoms with Crippen molar-refractivity contribution in [1.82, 2.24) is 0 Å². The number of furan rings is 12. The van der Waals surface area contributed by atoms with E-state index < -0.39 is 0 Å². The van der Waals surface area contributed by atoms with E-state index in [1.54, 1.807) is 0 Å². The van der Waals surface area contributed by atoms with Gasteiger partial charge < -0.3 is 53.0 Å². The molecule has 0 fully saturated rings. The van der Waals surface area contributed by atoms with Gasteiger partial charge in [0.05, 0.1) is 0 Å². The van der Waals surface area contributed by atoms with Gasteiger partial charge in [0.15, 0.2) is 44.7 Å². The number of hydrogen-bond donors (Lipinski definition) is 0. The van der Waals surface area contributed by atoms with Gasteiger partial charge in [-0.2, -0.15) is 0 Å². The molecule has 20 aromatic carbocycles. The van der Waals surface area contributed by atoms with E-state index in [-0.39, 0.29) is 0 Å². The molecular weight excluding hydrogens is 1630 g/mol. The van der Waals surface area contributed by atoms with E-state index >= 15 is 0 Å². The van der Waals surface area contributed by atoms with Crippen LogP contribution in [-0.4, -0.2) is 0 Å². The molecule has 12 heterocycles. The molecule has 0 spiro atoms. The molecule has 0 aliphatic carbocycles. The van der Waals surface area contributed by atoms with Gasteiger partial charge in [0, 0.05) is 141 Å². The minimum absolute atomic E-state index is 0.756. The molecule has 0 atom stereocenters. The molecule has 0 saturated carbocycles. The molecule has 32 rings (SSSR count). The van der Waals surface area contributed by atoms with E-state index in [1.807, 2.05) is 109 Å². The van der Waals surface area contributed by atoms with Crippen LogP contribution in [0.3, 0.4) is 0 Å². The van der Waals surface area contributed by atoms with E-state index in [0.29, 0.717) is 0 Å². The quantitative estimate of drug-likeness (QED) is 0.155. The van der Waals surface area contributed by atoms with Crippen LogP contribution in [0.25, 0.3) is 330 Å².